The predicted octanol–water partition coefficient (Wildman–Crippen LogP) is 18.1. The minimum atomic E-state index is -0.666. The molecule has 0 radical (unpaired) electrons. The zero-order valence-electron chi connectivity index (χ0n) is 51.4. The van der Waals surface area contributed by atoms with Crippen LogP contribution in [0.3, 0.4) is 0 Å². The van der Waals surface area contributed by atoms with E-state index in [4.69, 9.17) is 16.3 Å². The van der Waals surface area contributed by atoms with E-state index in [9.17, 15) is 6.85 Å². The van der Waals surface area contributed by atoms with Crippen LogP contribution in [0.5, 0.6) is 0 Å². The van der Waals surface area contributed by atoms with Crippen molar-refractivity contribution < 1.29 is 39.2 Å². The summed E-state index contributed by atoms with van der Waals surface area (Å²) in [5, 5.41) is 4.57. The van der Waals surface area contributed by atoms with E-state index in [2.05, 4.69) is 154 Å². The monoisotopic (exact) mass is 1150 g/mol. The molecule has 9 aromatic carbocycles. The molecule has 0 fully saturated rings. The first-order valence-electron chi connectivity index (χ1n) is 29.4. The summed E-state index contributed by atoms with van der Waals surface area (Å²) in [6.07, 6.45) is 2.08. The molecule has 10 bridgehead atoms. The fraction of sp³-hybridized carbons (Fsp3) is 0.118. The van der Waals surface area contributed by atoms with Crippen LogP contribution in [0.2, 0.25) is 0 Å². The molecule has 0 saturated heterocycles. The Morgan fingerprint density at radius 1 is 0.527 bits per heavy atom. The van der Waals surface area contributed by atoms with Crippen LogP contribution in [0, 0.1) is 12.1 Å². The fourth-order valence-electron chi connectivity index (χ4n) is 10.0. The standard InChI is InChI=1S/C68H53N4O.Pt/c1-67(2,3)49-23-15-21-47(37-49)57-39-50(68(4,5)6)40-59-55-27-11-10-26-54(55)46-20-14-22-48(36-46)60-28-17-31-65(69-60)72-61-35-32-45(44-18-8-7-9-19-44)38-58(61)56-34-33-53(42-64(56)72)73-52-25-16-24-51(41-52)70-43-71(66(57)59)63-30-13-12-29-62(63)70;/h7-40,43H,1-6H3;/q-3;/i7D,8D,9D,18D,19D,32D,33D,34D,35D,38D;. The van der Waals surface area contributed by atoms with Gasteiger partial charge in [0.05, 0.1) is 16.5 Å². The molecule has 5 nitrogen and oxygen atoms in total. The molecular weight excluding hydrogens is 1080 g/mol. The Labute approximate surface area is 459 Å². The summed E-state index contributed by atoms with van der Waals surface area (Å²) in [7, 11) is 0. The molecule has 1 aliphatic heterocycles. The van der Waals surface area contributed by atoms with Gasteiger partial charge >= 0.3 is 0 Å². The van der Waals surface area contributed by atoms with Crippen molar-refractivity contribution in [2.24, 2.45) is 0 Å². The number of rotatable bonds is 2. The molecule has 6 heteroatoms. The Bertz CT molecular complexity index is 5060. The summed E-state index contributed by atoms with van der Waals surface area (Å²) >= 11 is 0. The van der Waals surface area contributed by atoms with Gasteiger partial charge in [0.1, 0.15) is 5.65 Å². The molecule has 0 unspecified atom stereocenters. The van der Waals surface area contributed by atoms with Crippen LogP contribution in [0.4, 0.5) is 0 Å². The number of aromatic nitrogens is 4. The first-order valence-corrected chi connectivity index (χ1v) is 24.4. The van der Waals surface area contributed by atoms with Crippen molar-refractivity contribution in [2.45, 2.75) is 52.4 Å². The van der Waals surface area contributed by atoms with Gasteiger partial charge < -0.3 is 18.0 Å². The molecule has 0 saturated carbocycles. The van der Waals surface area contributed by atoms with E-state index in [1.54, 1.807) is 12.1 Å². The number of para-hydroxylation sites is 2. The minimum absolute atomic E-state index is 0. The summed E-state index contributed by atoms with van der Waals surface area (Å²) in [5.41, 5.74) is 7.50. The molecule has 13 rings (SSSR count). The van der Waals surface area contributed by atoms with Crippen molar-refractivity contribution in [3.05, 3.63) is 236 Å². The van der Waals surface area contributed by atoms with E-state index in [0.717, 1.165) is 60.5 Å². The maximum Gasteiger partial charge on any atom is 0.136 e. The van der Waals surface area contributed by atoms with Crippen molar-refractivity contribution in [1.82, 2.24) is 18.5 Å². The summed E-state index contributed by atoms with van der Waals surface area (Å²) in [6.45, 7) is 13.4. The van der Waals surface area contributed by atoms with Gasteiger partial charge in [-0.1, -0.05) is 199 Å². The maximum absolute atomic E-state index is 9.83. The first-order chi connectivity index (χ1) is 39.6. The van der Waals surface area contributed by atoms with Gasteiger partial charge in [0.15, 0.2) is 0 Å². The van der Waals surface area contributed by atoms with Crippen LogP contribution >= 0.6 is 0 Å². The fourth-order valence-corrected chi connectivity index (χ4v) is 10.0. The van der Waals surface area contributed by atoms with Gasteiger partial charge in [-0.2, -0.15) is 24.2 Å². The van der Waals surface area contributed by atoms with Gasteiger partial charge in [-0.3, -0.25) is 0 Å². The van der Waals surface area contributed by atoms with Crippen LogP contribution in [-0.4, -0.2) is 18.5 Å². The number of benzene rings is 9. The Kier molecular flexibility index (Phi) is 9.00. The average molecular weight is 1150 g/mol. The quantitative estimate of drug-likeness (QED) is 0.162. The zero-order valence-corrected chi connectivity index (χ0v) is 43.7. The van der Waals surface area contributed by atoms with E-state index in [0.29, 0.717) is 11.0 Å². The van der Waals surface area contributed by atoms with E-state index in [1.807, 2.05) is 48.5 Å². The molecule has 364 valence electrons. The van der Waals surface area contributed by atoms with Crippen LogP contribution in [0.15, 0.2) is 217 Å². The van der Waals surface area contributed by atoms with E-state index in [-0.39, 0.29) is 76.1 Å². The largest absolute Gasteiger partial charge is 0.510 e. The van der Waals surface area contributed by atoms with Crippen molar-refractivity contribution in [1.29, 1.82) is 0 Å². The second kappa shape index (κ2) is 18.1. The van der Waals surface area contributed by atoms with Crippen molar-refractivity contribution >= 4 is 82.1 Å². The Hall–Kier alpha value is -8.11. The summed E-state index contributed by atoms with van der Waals surface area (Å²) in [4.78, 5) is 5.25. The Morgan fingerprint density at radius 3 is 2.07 bits per heavy atom. The molecule has 1 aliphatic rings. The smallest absolute Gasteiger partial charge is 0.136 e. The number of hydrogen-bond acceptors (Lipinski definition) is 2. The molecule has 0 aliphatic carbocycles. The molecule has 3 aromatic heterocycles. The van der Waals surface area contributed by atoms with Gasteiger partial charge in [-0.15, -0.1) is 29.1 Å². The number of imidazole rings is 1. The Balaban J connectivity index is 0.00000694. The molecule has 0 atom stereocenters. The predicted molar refractivity (Wildman–Crippen MR) is 305 cm³/mol. The minimum Gasteiger partial charge on any atom is -0.510 e. The summed E-state index contributed by atoms with van der Waals surface area (Å²) in [5.74, 6) is 0. The molecular formula is C68H53N4OPt-3. The van der Waals surface area contributed by atoms with Gasteiger partial charge in [0.25, 0.3) is 0 Å². The van der Waals surface area contributed by atoms with E-state index < -0.39 is 66.0 Å². The zero-order chi connectivity index (χ0) is 58.3. The third-order valence-electron chi connectivity index (χ3n) is 13.8. The summed E-state index contributed by atoms with van der Waals surface area (Å²) < 4.78 is 104. The molecule has 0 amide bonds. The summed E-state index contributed by atoms with van der Waals surface area (Å²) in [6, 6.07) is 50.3. The van der Waals surface area contributed by atoms with Crippen molar-refractivity contribution in [3.8, 4) is 33.6 Å². The normalized spacial score (nSPS) is 14.0. The number of pyridine rings is 1. The van der Waals surface area contributed by atoms with Gasteiger partial charge in [-0.05, 0) is 114 Å². The third kappa shape index (κ3) is 8.17. The molecule has 4 heterocycles. The topological polar surface area (TPSA) is 40.3 Å². The van der Waals surface area contributed by atoms with Crippen LogP contribution in [-0.2, 0) is 31.9 Å². The second-order valence-electron chi connectivity index (χ2n) is 20.6. The van der Waals surface area contributed by atoms with Crippen molar-refractivity contribution in [3.63, 3.8) is 0 Å². The number of fused-ring (bicyclic) bond motifs is 23. The first kappa shape index (κ1) is 36.7. The Morgan fingerprint density at radius 2 is 1.26 bits per heavy atom. The van der Waals surface area contributed by atoms with Crippen molar-refractivity contribution in [2.75, 3.05) is 0 Å². The van der Waals surface area contributed by atoms with Crippen LogP contribution in [0.25, 0.3) is 116 Å². The van der Waals surface area contributed by atoms with Crippen LogP contribution < -0.4 is 0 Å². The van der Waals surface area contributed by atoms with Gasteiger partial charge in [-0.25, -0.2) is 4.98 Å². The molecule has 12 aromatic rings. The molecule has 74 heavy (non-hydrogen) atoms. The van der Waals surface area contributed by atoms with E-state index >= 15 is 0 Å². The van der Waals surface area contributed by atoms with E-state index in [1.165, 1.54) is 9.96 Å². The van der Waals surface area contributed by atoms with Crippen LogP contribution in [0.1, 0.15) is 66.4 Å². The van der Waals surface area contributed by atoms with Gasteiger partial charge in [0.2, 0.25) is 0 Å². The molecule has 0 N–H and O–H groups in total. The third-order valence-corrected chi connectivity index (χ3v) is 13.8. The number of hydrogen-bond donors (Lipinski definition) is 0. The average Bonchev–Trinajstić information content (AvgIpc) is 1.58. The SMILES string of the molecule is [2H]c1c([2H])c([2H])c(-c2c([2H])c([2H])c3c(c2[2H])c2c([2H])c([2H])c4[c-]c2n3c2cccc(n2)c2cccc(c2)c2ccccc2c2cc(C(C)(C)C)cc(-c3cccc(C(C)(C)C)c3)c2n2[cH-]n(c3[c-]c(ccc3)o4)-c3ccccc3-2)c([2H])c1[2H].[Pt]. The number of nitrogens with zero attached hydrogens (tertiary/aromatic N) is 4. The van der Waals surface area contributed by atoms with Gasteiger partial charge in [0, 0.05) is 50.8 Å². The second-order valence-corrected chi connectivity index (χ2v) is 20.6. The molecule has 0 spiro atoms. The maximum atomic E-state index is 9.83.